The van der Waals surface area contributed by atoms with Crippen LogP contribution in [0.15, 0.2) is 53.5 Å². The topological polar surface area (TPSA) is 48.5 Å². The molecule has 0 amide bonds. The molecule has 1 unspecified atom stereocenters. The van der Waals surface area contributed by atoms with Gasteiger partial charge in [-0.25, -0.2) is 9.48 Å². The van der Waals surface area contributed by atoms with Gasteiger partial charge in [0, 0.05) is 12.6 Å². The molecule has 0 fully saturated rings. The van der Waals surface area contributed by atoms with Gasteiger partial charge < -0.3 is 4.74 Å². The molecule has 0 bridgehead atoms. The third-order valence-electron chi connectivity index (χ3n) is 3.58. The fraction of sp³-hybridized carbons (Fsp3) is 0.200. The molecule has 1 aliphatic rings. The van der Waals surface area contributed by atoms with Crippen LogP contribution in [0.5, 0.6) is 5.75 Å². The highest BCUT2D eigenvalue weighted by Gasteiger charge is 2.24. The maximum Gasteiger partial charge on any atom is 0.350 e. The molecule has 3 heterocycles. The van der Waals surface area contributed by atoms with Crippen LogP contribution in [-0.4, -0.2) is 20.3 Å². The summed E-state index contributed by atoms with van der Waals surface area (Å²) in [7, 11) is 0. The van der Waals surface area contributed by atoms with E-state index in [0.717, 1.165) is 12.2 Å². The average Bonchev–Trinajstić information content (AvgIpc) is 3.01. The van der Waals surface area contributed by atoms with Crippen LogP contribution in [0.4, 0.5) is 0 Å². The Morgan fingerprint density at radius 3 is 2.90 bits per heavy atom. The van der Waals surface area contributed by atoms with Crippen LogP contribution in [0.3, 0.4) is 0 Å². The molecule has 0 N–H and O–H groups in total. The van der Waals surface area contributed by atoms with Crippen molar-refractivity contribution in [2.45, 2.75) is 19.1 Å². The van der Waals surface area contributed by atoms with E-state index in [2.05, 4.69) is 11.2 Å². The molecule has 0 saturated heterocycles. The lowest BCUT2D eigenvalue weighted by atomic mass is 10.1. The van der Waals surface area contributed by atoms with E-state index in [9.17, 15) is 4.79 Å². The molecular weight excluding hydrogens is 254 g/mol. The second kappa shape index (κ2) is 4.23. The predicted octanol–water partition coefficient (Wildman–Crippen LogP) is 1.50. The Balaban J connectivity index is 1.64. The summed E-state index contributed by atoms with van der Waals surface area (Å²) in [5.74, 6) is 0.911. The molecule has 5 nitrogen and oxygen atoms in total. The number of hydrogen-bond donors (Lipinski definition) is 0. The summed E-state index contributed by atoms with van der Waals surface area (Å²) in [6.45, 7) is 0.467. The first kappa shape index (κ1) is 11.3. The first-order valence-corrected chi connectivity index (χ1v) is 6.60. The third kappa shape index (κ3) is 1.71. The van der Waals surface area contributed by atoms with Crippen molar-refractivity contribution in [1.29, 1.82) is 0 Å². The molecule has 4 rings (SSSR count). The van der Waals surface area contributed by atoms with Crippen LogP contribution in [0.2, 0.25) is 0 Å². The highest BCUT2D eigenvalue weighted by atomic mass is 16.5. The van der Waals surface area contributed by atoms with E-state index >= 15 is 0 Å². The van der Waals surface area contributed by atoms with Crippen molar-refractivity contribution in [2.24, 2.45) is 0 Å². The van der Waals surface area contributed by atoms with Gasteiger partial charge in [0.05, 0.1) is 6.54 Å². The van der Waals surface area contributed by atoms with Crippen LogP contribution in [0.1, 0.15) is 5.56 Å². The minimum Gasteiger partial charge on any atom is -0.488 e. The summed E-state index contributed by atoms with van der Waals surface area (Å²) < 4.78 is 8.87. The zero-order valence-electron chi connectivity index (χ0n) is 10.8. The molecule has 0 saturated carbocycles. The normalized spacial score (nSPS) is 17.1. The number of ether oxygens (including phenoxy) is 1. The first-order valence-electron chi connectivity index (χ1n) is 6.60. The molecule has 5 heteroatoms. The lowest BCUT2D eigenvalue weighted by molar-refractivity contribution is 0.201. The van der Waals surface area contributed by atoms with Gasteiger partial charge in [-0.15, -0.1) is 5.10 Å². The van der Waals surface area contributed by atoms with E-state index in [0.29, 0.717) is 12.2 Å². The van der Waals surface area contributed by atoms with Crippen molar-refractivity contribution in [3.63, 3.8) is 0 Å². The number of pyridine rings is 1. The number of fused-ring (bicyclic) bond motifs is 2. The molecule has 3 aromatic rings. The smallest absolute Gasteiger partial charge is 0.350 e. The zero-order chi connectivity index (χ0) is 13.5. The quantitative estimate of drug-likeness (QED) is 0.707. The number of benzene rings is 1. The van der Waals surface area contributed by atoms with Crippen LogP contribution < -0.4 is 10.4 Å². The van der Waals surface area contributed by atoms with Crippen molar-refractivity contribution in [1.82, 2.24) is 14.2 Å². The lowest BCUT2D eigenvalue weighted by Gasteiger charge is -2.09. The number of nitrogens with zero attached hydrogens (tertiary/aromatic N) is 3. The monoisotopic (exact) mass is 267 g/mol. The van der Waals surface area contributed by atoms with Crippen molar-refractivity contribution in [3.8, 4) is 5.75 Å². The van der Waals surface area contributed by atoms with Crippen molar-refractivity contribution < 1.29 is 4.74 Å². The Morgan fingerprint density at radius 2 is 2.05 bits per heavy atom. The maximum absolute atomic E-state index is 12.2. The van der Waals surface area contributed by atoms with Gasteiger partial charge in [0.15, 0.2) is 5.65 Å². The molecule has 1 aliphatic heterocycles. The van der Waals surface area contributed by atoms with Gasteiger partial charge in [-0.05, 0) is 23.8 Å². The van der Waals surface area contributed by atoms with Crippen LogP contribution >= 0.6 is 0 Å². The Kier molecular flexibility index (Phi) is 2.39. The number of rotatable bonds is 2. The Morgan fingerprint density at radius 1 is 1.20 bits per heavy atom. The second-order valence-corrected chi connectivity index (χ2v) is 4.95. The van der Waals surface area contributed by atoms with E-state index in [1.54, 1.807) is 10.6 Å². The summed E-state index contributed by atoms with van der Waals surface area (Å²) in [5.41, 5.74) is 1.72. The van der Waals surface area contributed by atoms with Crippen molar-refractivity contribution in [2.75, 3.05) is 0 Å². The molecular formula is C15H13N3O2. The molecule has 0 spiro atoms. The number of hydrogen-bond acceptors (Lipinski definition) is 3. The van der Waals surface area contributed by atoms with E-state index in [1.807, 2.05) is 36.4 Å². The fourth-order valence-corrected chi connectivity index (χ4v) is 2.64. The van der Waals surface area contributed by atoms with Crippen LogP contribution in [0.25, 0.3) is 5.65 Å². The minimum absolute atomic E-state index is 0.0324. The molecule has 1 atom stereocenters. The summed E-state index contributed by atoms with van der Waals surface area (Å²) in [6.07, 6.45) is 2.51. The highest BCUT2D eigenvalue weighted by Crippen LogP contribution is 2.28. The fourth-order valence-electron chi connectivity index (χ4n) is 2.64. The average molecular weight is 267 g/mol. The maximum atomic E-state index is 12.2. The first-order chi connectivity index (χ1) is 9.81. The van der Waals surface area contributed by atoms with Crippen LogP contribution in [0, 0.1) is 0 Å². The SMILES string of the molecule is O=c1n(CC2Cc3ccccc3O2)nc2ccccn12. The van der Waals surface area contributed by atoms with Crippen LogP contribution in [-0.2, 0) is 13.0 Å². The van der Waals surface area contributed by atoms with Gasteiger partial charge in [0.1, 0.15) is 11.9 Å². The summed E-state index contributed by atoms with van der Waals surface area (Å²) in [4.78, 5) is 12.2. The zero-order valence-corrected chi connectivity index (χ0v) is 10.8. The van der Waals surface area contributed by atoms with Gasteiger partial charge in [0.2, 0.25) is 0 Å². The Hall–Kier alpha value is -2.56. The third-order valence-corrected chi connectivity index (χ3v) is 3.58. The second-order valence-electron chi connectivity index (χ2n) is 4.95. The van der Waals surface area contributed by atoms with Gasteiger partial charge in [-0.2, -0.15) is 0 Å². The molecule has 1 aromatic carbocycles. The molecule has 0 radical (unpaired) electrons. The van der Waals surface area contributed by atoms with Gasteiger partial charge in [-0.3, -0.25) is 4.40 Å². The Labute approximate surface area is 115 Å². The number of para-hydroxylation sites is 1. The number of aromatic nitrogens is 3. The summed E-state index contributed by atoms with van der Waals surface area (Å²) in [5, 5.41) is 4.33. The molecule has 100 valence electrons. The van der Waals surface area contributed by atoms with Crippen molar-refractivity contribution >= 4 is 5.65 Å². The molecule has 0 aliphatic carbocycles. The standard InChI is InChI=1S/C15H13N3O2/c19-15-17-8-4-3-7-14(17)16-18(15)10-12-9-11-5-1-2-6-13(11)20-12/h1-8,12H,9-10H2. The highest BCUT2D eigenvalue weighted by molar-refractivity contribution is 5.37. The minimum atomic E-state index is -0.125. The lowest BCUT2D eigenvalue weighted by Crippen LogP contribution is -2.29. The Bertz CT molecular complexity index is 809. The largest absolute Gasteiger partial charge is 0.488 e. The van der Waals surface area contributed by atoms with E-state index in [-0.39, 0.29) is 11.8 Å². The van der Waals surface area contributed by atoms with Gasteiger partial charge in [-0.1, -0.05) is 24.3 Å². The van der Waals surface area contributed by atoms with Crippen molar-refractivity contribution in [3.05, 3.63) is 64.7 Å². The predicted molar refractivity (Wildman–Crippen MR) is 74.0 cm³/mol. The molecule has 20 heavy (non-hydrogen) atoms. The molecule has 2 aromatic heterocycles. The van der Waals surface area contributed by atoms with E-state index in [1.165, 1.54) is 10.2 Å². The summed E-state index contributed by atoms with van der Waals surface area (Å²) in [6, 6.07) is 13.5. The summed E-state index contributed by atoms with van der Waals surface area (Å²) >= 11 is 0. The van der Waals surface area contributed by atoms with Gasteiger partial charge in [0.25, 0.3) is 0 Å². The van der Waals surface area contributed by atoms with E-state index in [4.69, 9.17) is 4.74 Å². The van der Waals surface area contributed by atoms with Gasteiger partial charge >= 0.3 is 5.69 Å². The van der Waals surface area contributed by atoms with E-state index < -0.39 is 0 Å².